The van der Waals surface area contributed by atoms with Crippen molar-refractivity contribution in [2.75, 3.05) is 26.7 Å². The van der Waals surface area contributed by atoms with Crippen molar-refractivity contribution in [3.8, 4) is 0 Å². The van der Waals surface area contributed by atoms with Crippen LogP contribution >= 0.6 is 0 Å². The second-order valence-corrected chi connectivity index (χ2v) is 6.46. The Morgan fingerprint density at radius 2 is 2.18 bits per heavy atom. The molecule has 2 rings (SSSR count). The largest absolute Gasteiger partial charge is 0.301 e. The third-order valence-corrected chi connectivity index (χ3v) is 5.30. The Kier molecular flexibility index (Phi) is 3.24. The summed E-state index contributed by atoms with van der Waals surface area (Å²) in [5.74, 6) is 0. The van der Waals surface area contributed by atoms with Gasteiger partial charge in [-0.3, -0.25) is 5.10 Å². The summed E-state index contributed by atoms with van der Waals surface area (Å²) in [7, 11) is -1.38. The van der Waals surface area contributed by atoms with Gasteiger partial charge in [-0.15, -0.1) is 0 Å². The predicted octanol–water partition coefficient (Wildman–Crippen LogP) is 0.0427. The van der Waals surface area contributed by atoms with Gasteiger partial charge in [0.2, 0.25) is 10.0 Å². The van der Waals surface area contributed by atoms with Gasteiger partial charge in [0.25, 0.3) is 0 Å². The molecule has 1 aromatic heterocycles. The summed E-state index contributed by atoms with van der Waals surface area (Å²) in [6, 6.07) is 0.241. The zero-order valence-electron chi connectivity index (χ0n) is 10.3. The second kappa shape index (κ2) is 4.40. The van der Waals surface area contributed by atoms with E-state index in [-0.39, 0.29) is 10.9 Å². The maximum atomic E-state index is 12.4. The minimum Gasteiger partial charge on any atom is -0.301 e. The Morgan fingerprint density at radius 1 is 1.47 bits per heavy atom. The van der Waals surface area contributed by atoms with Crippen molar-refractivity contribution in [3.05, 3.63) is 11.9 Å². The van der Waals surface area contributed by atoms with Crippen LogP contribution in [0.25, 0.3) is 0 Å². The molecule has 17 heavy (non-hydrogen) atoms. The molecule has 0 spiro atoms. The number of H-pyrrole nitrogens is 1. The predicted molar refractivity (Wildman–Crippen MR) is 64.2 cm³/mol. The fraction of sp³-hybridized carbons (Fsp3) is 0.700. The number of aryl methyl sites for hydroxylation is 1. The number of aromatic amines is 1. The van der Waals surface area contributed by atoms with Gasteiger partial charge in [0.05, 0.1) is 11.9 Å². The molecule has 1 atom stereocenters. The molecule has 0 saturated carbocycles. The number of nitrogens with one attached hydrogen (secondary N) is 1. The van der Waals surface area contributed by atoms with Gasteiger partial charge in [0.1, 0.15) is 4.90 Å². The summed E-state index contributed by atoms with van der Waals surface area (Å²) in [5, 5.41) is 6.44. The van der Waals surface area contributed by atoms with Crippen molar-refractivity contribution in [2.24, 2.45) is 0 Å². The number of sulfonamides is 1. The molecule has 1 unspecified atom stereocenters. The third-order valence-electron chi connectivity index (χ3n) is 3.32. The van der Waals surface area contributed by atoms with E-state index >= 15 is 0 Å². The minimum absolute atomic E-state index is 0.241. The van der Waals surface area contributed by atoms with Crippen LogP contribution in [0.1, 0.15) is 12.6 Å². The van der Waals surface area contributed by atoms with E-state index in [2.05, 4.69) is 15.1 Å². The summed E-state index contributed by atoms with van der Waals surface area (Å²) < 4.78 is 26.3. The van der Waals surface area contributed by atoms with Crippen molar-refractivity contribution in [1.82, 2.24) is 19.4 Å². The molecule has 0 radical (unpaired) electrons. The summed E-state index contributed by atoms with van der Waals surface area (Å²) in [5.41, 5.74) is 0.594. The van der Waals surface area contributed by atoms with Gasteiger partial charge in [0.15, 0.2) is 0 Å². The lowest BCUT2D eigenvalue weighted by Crippen LogP contribution is -2.51. The number of rotatable bonds is 2. The second-order valence-electron chi connectivity index (χ2n) is 4.55. The van der Waals surface area contributed by atoms with E-state index in [1.807, 2.05) is 14.0 Å². The van der Waals surface area contributed by atoms with Crippen LogP contribution in [0.15, 0.2) is 11.1 Å². The highest BCUT2D eigenvalue weighted by atomic mass is 32.2. The molecule has 1 N–H and O–H groups in total. The van der Waals surface area contributed by atoms with Gasteiger partial charge >= 0.3 is 0 Å². The lowest BCUT2D eigenvalue weighted by molar-refractivity contribution is 0.159. The Bertz CT molecular complexity index is 496. The first-order valence-electron chi connectivity index (χ1n) is 5.63. The van der Waals surface area contributed by atoms with Crippen LogP contribution in [0.3, 0.4) is 0 Å². The molecule has 1 aromatic rings. The highest BCUT2D eigenvalue weighted by molar-refractivity contribution is 7.89. The molecule has 6 nitrogen and oxygen atoms in total. The number of hydrogen-bond acceptors (Lipinski definition) is 4. The number of piperazine rings is 1. The van der Waals surface area contributed by atoms with Crippen molar-refractivity contribution in [3.63, 3.8) is 0 Å². The maximum Gasteiger partial charge on any atom is 0.246 e. The first kappa shape index (κ1) is 12.5. The molecule has 7 heteroatoms. The van der Waals surface area contributed by atoms with E-state index in [0.29, 0.717) is 18.8 Å². The normalized spacial score (nSPS) is 24.1. The van der Waals surface area contributed by atoms with Crippen molar-refractivity contribution in [2.45, 2.75) is 24.8 Å². The van der Waals surface area contributed by atoms with Crippen LogP contribution in [-0.2, 0) is 10.0 Å². The average molecular weight is 258 g/mol. The summed E-state index contributed by atoms with van der Waals surface area (Å²) in [6.07, 6.45) is 1.38. The number of likely N-dealkylation sites (N-methyl/N-ethyl adjacent to an activating group) is 1. The van der Waals surface area contributed by atoms with E-state index in [1.165, 1.54) is 10.5 Å². The molecule has 0 aliphatic carbocycles. The SMILES string of the molecule is Cc1[nH]ncc1S(=O)(=O)N1CCN(C)C(C)C1. The summed E-state index contributed by atoms with van der Waals surface area (Å²) in [4.78, 5) is 2.45. The topological polar surface area (TPSA) is 69.3 Å². The molecular formula is C10H18N4O2S. The third kappa shape index (κ3) is 2.22. The fourth-order valence-corrected chi connectivity index (χ4v) is 3.60. The van der Waals surface area contributed by atoms with Crippen molar-refractivity contribution < 1.29 is 8.42 Å². The van der Waals surface area contributed by atoms with E-state index in [0.717, 1.165) is 6.54 Å². The van der Waals surface area contributed by atoms with Gasteiger partial charge in [-0.1, -0.05) is 0 Å². The van der Waals surface area contributed by atoms with Gasteiger partial charge < -0.3 is 4.90 Å². The Hall–Kier alpha value is -0.920. The zero-order valence-corrected chi connectivity index (χ0v) is 11.2. The standard InChI is InChI=1S/C10H18N4O2S/c1-8-7-14(5-4-13(8)3)17(15,16)10-6-11-12-9(10)2/h6,8H,4-5,7H2,1-3H3,(H,11,12). The number of nitrogens with zero attached hydrogens (tertiary/aromatic N) is 3. The molecule has 1 aliphatic heterocycles. The quantitative estimate of drug-likeness (QED) is 0.813. The van der Waals surface area contributed by atoms with Gasteiger partial charge in [-0.25, -0.2) is 8.42 Å². The lowest BCUT2D eigenvalue weighted by Gasteiger charge is -2.36. The van der Waals surface area contributed by atoms with E-state index in [4.69, 9.17) is 0 Å². The van der Waals surface area contributed by atoms with E-state index < -0.39 is 10.0 Å². The molecule has 0 amide bonds. The molecule has 1 saturated heterocycles. The minimum atomic E-state index is -3.39. The molecule has 1 fully saturated rings. The first-order chi connectivity index (χ1) is 7.93. The van der Waals surface area contributed by atoms with Crippen LogP contribution < -0.4 is 0 Å². The lowest BCUT2D eigenvalue weighted by atomic mass is 10.2. The molecule has 2 heterocycles. The summed E-state index contributed by atoms with van der Waals surface area (Å²) in [6.45, 7) is 5.58. The van der Waals surface area contributed by atoms with Gasteiger partial charge in [-0.2, -0.15) is 9.40 Å². The smallest absolute Gasteiger partial charge is 0.246 e. The van der Waals surface area contributed by atoms with Crippen LogP contribution in [0.2, 0.25) is 0 Å². The monoisotopic (exact) mass is 258 g/mol. The Balaban J connectivity index is 2.26. The summed E-state index contributed by atoms with van der Waals surface area (Å²) >= 11 is 0. The highest BCUT2D eigenvalue weighted by Crippen LogP contribution is 2.20. The molecule has 1 aliphatic rings. The molecular weight excluding hydrogens is 240 g/mol. The number of aromatic nitrogens is 2. The van der Waals surface area contributed by atoms with Gasteiger partial charge in [-0.05, 0) is 20.9 Å². The molecule has 0 aromatic carbocycles. The van der Waals surface area contributed by atoms with Crippen LogP contribution in [-0.4, -0.2) is 60.5 Å². The van der Waals surface area contributed by atoms with E-state index in [9.17, 15) is 8.42 Å². The first-order valence-corrected chi connectivity index (χ1v) is 7.07. The van der Waals surface area contributed by atoms with Gasteiger partial charge in [0, 0.05) is 25.7 Å². The van der Waals surface area contributed by atoms with Crippen molar-refractivity contribution in [1.29, 1.82) is 0 Å². The van der Waals surface area contributed by atoms with Crippen LogP contribution in [0.5, 0.6) is 0 Å². The molecule has 0 bridgehead atoms. The average Bonchev–Trinajstić information content (AvgIpc) is 2.69. The Labute approximate surface area is 102 Å². The molecule has 96 valence electrons. The number of hydrogen-bond donors (Lipinski definition) is 1. The maximum absolute atomic E-state index is 12.4. The van der Waals surface area contributed by atoms with Crippen molar-refractivity contribution >= 4 is 10.0 Å². The van der Waals surface area contributed by atoms with E-state index in [1.54, 1.807) is 6.92 Å². The highest BCUT2D eigenvalue weighted by Gasteiger charge is 2.32. The fourth-order valence-electron chi connectivity index (χ4n) is 1.97. The Morgan fingerprint density at radius 3 is 2.71 bits per heavy atom. The van der Waals surface area contributed by atoms with Crippen LogP contribution in [0, 0.1) is 6.92 Å². The zero-order chi connectivity index (χ0) is 12.6. The van der Waals surface area contributed by atoms with Crippen LogP contribution in [0.4, 0.5) is 0 Å².